The fraction of sp³-hybridized carbons (Fsp3) is 0.0833. The van der Waals surface area contributed by atoms with Gasteiger partial charge in [0, 0.05) is 22.2 Å². The van der Waals surface area contributed by atoms with E-state index in [4.69, 9.17) is 0 Å². The average Bonchev–Trinajstić information content (AvgIpc) is 4.13. The molecule has 16 rings (SSSR count). The molecule has 0 aromatic heterocycles. The molecule has 0 saturated heterocycles. The Labute approximate surface area is 433 Å². The summed E-state index contributed by atoms with van der Waals surface area (Å²) in [5.41, 5.74) is 31.2. The molecule has 2 nitrogen and oxygen atoms in total. The van der Waals surface area contributed by atoms with Gasteiger partial charge in [0.2, 0.25) is 0 Å². The number of fused-ring (bicyclic) bond motifs is 16. The monoisotopic (exact) mass is 942 g/mol. The molecule has 4 aliphatic carbocycles. The lowest BCUT2D eigenvalue weighted by molar-refractivity contribution is 0.563. The van der Waals surface area contributed by atoms with E-state index in [0.29, 0.717) is 0 Å². The van der Waals surface area contributed by atoms with Crippen LogP contribution in [-0.2, 0) is 36.5 Å². The number of hydrogen-bond acceptors (Lipinski definition) is 2. The fourth-order valence-corrected chi connectivity index (χ4v) is 14.2. The molecule has 10 aromatic rings. The molecule has 0 radical (unpaired) electrons. The van der Waals surface area contributed by atoms with E-state index in [1.807, 2.05) is 0 Å². The zero-order valence-corrected chi connectivity index (χ0v) is 41.0. The Kier molecular flexibility index (Phi) is 8.86. The van der Waals surface area contributed by atoms with Crippen LogP contribution in [0.15, 0.2) is 218 Å². The number of rotatable bonds is 4. The third-order valence-corrected chi connectivity index (χ3v) is 17.5. The molecular formula is C72H50N2. The van der Waals surface area contributed by atoms with Crippen LogP contribution in [0.1, 0.15) is 77.9 Å². The highest BCUT2D eigenvalue weighted by atomic mass is 15.2. The Balaban J connectivity index is 0.786. The zero-order chi connectivity index (χ0) is 48.5. The van der Waals surface area contributed by atoms with Crippen molar-refractivity contribution >= 4 is 70.6 Å². The van der Waals surface area contributed by atoms with E-state index in [1.54, 1.807) is 0 Å². The number of nitrogens with zero attached hydrogens (tertiary/aromatic N) is 2. The highest BCUT2D eigenvalue weighted by Crippen LogP contribution is 2.59. The van der Waals surface area contributed by atoms with Crippen LogP contribution in [0.4, 0.5) is 34.1 Å². The van der Waals surface area contributed by atoms with E-state index >= 15 is 0 Å². The van der Waals surface area contributed by atoms with Gasteiger partial charge in [0.15, 0.2) is 0 Å². The Morgan fingerprint density at radius 1 is 0.284 bits per heavy atom. The molecule has 2 aliphatic heterocycles. The van der Waals surface area contributed by atoms with Crippen molar-refractivity contribution in [3.8, 4) is 22.3 Å². The van der Waals surface area contributed by atoms with Gasteiger partial charge in [-0.2, -0.15) is 0 Å². The Morgan fingerprint density at radius 3 is 0.905 bits per heavy atom. The number of hydrogen-bond donors (Lipinski definition) is 0. The summed E-state index contributed by atoms with van der Waals surface area (Å²) in [4.78, 5) is 4.96. The molecule has 6 aliphatic rings. The van der Waals surface area contributed by atoms with Gasteiger partial charge in [0.05, 0.1) is 22.7 Å². The van der Waals surface area contributed by atoms with Crippen LogP contribution in [0, 0.1) is 0 Å². The first kappa shape index (κ1) is 41.6. The normalized spacial score (nSPS) is 15.9. The molecule has 0 bridgehead atoms. The minimum Gasteiger partial charge on any atom is -0.309 e. The maximum absolute atomic E-state index is 2.53. The summed E-state index contributed by atoms with van der Waals surface area (Å²) < 4.78 is 0. The van der Waals surface area contributed by atoms with Crippen molar-refractivity contribution in [3.63, 3.8) is 0 Å². The fourth-order valence-electron chi connectivity index (χ4n) is 14.2. The largest absolute Gasteiger partial charge is 0.309 e. The first-order valence-electron chi connectivity index (χ1n) is 26.3. The van der Waals surface area contributed by atoms with Crippen molar-refractivity contribution in [2.45, 2.75) is 36.5 Å². The smallest absolute Gasteiger partial charge is 0.0534 e. The van der Waals surface area contributed by atoms with Gasteiger partial charge in [-0.15, -0.1) is 0 Å². The standard InChI is InChI=1S/C72H50N2/c1-2-18-54-44-71(43-53(54)17-1)63-39-47(27-35-59(63)61-37-33-57(41-65(61)71)73-67-21-9-5-13-49(67)29-30-50-14-6-10-22-68(50)73)25-26-48-28-36-60-62-38-34-58(42-66(62)72(64(60)40-48)45-55-19-3-4-20-56(55)46-72)74-69-23-11-7-15-51(69)31-32-52-16-8-12-24-70(52)74/h1-42H,43-46H2. The average molecular weight is 943 g/mol. The second-order valence-corrected chi connectivity index (χ2v) is 21.4. The molecule has 0 unspecified atom stereocenters. The third kappa shape index (κ3) is 6.06. The molecule has 74 heavy (non-hydrogen) atoms. The van der Waals surface area contributed by atoms with E-state index < -0.39 is 0 Å². The summed E-state index contributed by atoms with van der Waals surface area (Å²) in [6.45, 7) is 0. The lowest BCUT2D eigenvalue weighted by Gasteiger charge is -2.31. The Bertz CT molecular complexity index is 3710. The molecule has 10 aromatic carbocycles. The Morgan fingerprint density at radius 2 is 0.568 bits per heavy atom. The van der Waals surface area contributed by atoms with Gasteiger partial charge in [-0.1, -0.05) is 206 Å². The summed E-state index contributed by atoms with van der Waals surface area (Å²) in [6, 6.07) is 82.6. The third-order valence-electron chi connectivity index (χ3n) is 17.5. The van der Waals surface area contributed by atoms with Gasteiger partial charge in [0.1, 0.15) is 0 Å². The summed E-state index contributed by atoms with van der Waals surface area (Å²) in [7, 11) is 0. The van der Waals surface area contributed by atoms with Gasteiger partial charge in [-0.3, -0.25) is 0 Å². The van der Waals surface area contributed by atoms with Crippen molar-refractivity contribution in [1.82, 2.24) is 0 Å². The Hall–Kier alpha value is -8.98. The van der Waals surface area contributed by atoms with Crippen molar-refractivity contribution in [1.29, 1.82) is 0 Å². The van der Waals surface area contributed by atoms with Crippen molar-refractivity contribution in [2.75, 3.05) is 9.80 Å². The second-order valence-electron chi connectivity index (χ2n) is 21.4. The SMILES string of the molecule is C(=Cc1ccc2c(c1)C1(Cc3ccccc3C1)c1cc(N3c4ccccc4C=Cc4ccccc43)ccc1-2)c1ccc2c(c1)C1(Cc3ccccc3C1)c1cc(N3c4ccccc4C=Cc4ccccc43)ccc1-2. The molecular weight excluding hydrogens is 893 g/mol. The van der Waals surface area contributed by atoms with Crippen LogP contribution < -0.4 is 9.80 Å². The minimum absolute atomic E-state index is 0.173. The predicted molar refractivity (Wildman–Crippen MR) is 309 cm³/mol. The van der Waals surface area contributed by atoms with Crippen LogP contribution in [0.2, 0.25) is 0 Å². The van der Waals surface area contributed by atoms with Gasteiger partial charge in [-0.05, 0) is 174 Å². The van der Waals surface area contributed by atoms with Gasteiger partial charge < -0.3 is 9.80 Å². The number of benzene rings is 10. The first-order chi connectivity index (χ1) is 36.6. The molecule has 2 heteroatoms. The van der Waals surface area contributed by atoms with Crippen LogP contribution in [0.5, 0.6) is 0 Å². The maximum atomic E-state index is 2.53. The molecule has 0 atom stereocenters. The summed E-state index contributed by atoms with van der Waals surface area (Å²) in [6.07, 6.45) is 17.7. The summed E-state index contributed by atoms with van der Waals surface area (Å²) >= 11 is 0. The zero-order valence-electron chi connectivity index (χ0n) is 41.0. The van der Waals surface area contributed by atoms with Crippen molar-refractivity contribution < 1.29 is 0 Å². The summed E-state index contributed by atoms with van der Waals surface area (Å²) in [5.74, 6) is 0. The molecule has 0 saturated carbocycles. The van der Waals surface area contributed by atoms with E-state index in [9.17, 15) is 0 Å². The van der Waals surface area contributed by atoms with Gasteiger partial charge in [-0.25, -0.2) is 0 Å². The van der Waals surface area contributed by atoms with Crippen LogP contribution in [-0.4, -0.2) is 0 Å². The summed E-state index contributed by atoms with van der Waals surface area (Å²) in [5, 5.41) is 0. The number of anilines is 6. The topological polar surface area (TPSA) is 6.48 Å². The molecule has 2 heterocycles. The molecule has 0 N–H and O–H groups in total. The highest BCUT2D eigenvalue weighted by molar-refractivity contribution is 5.97. The molecule has 348 valence electrons. The van der Waals surface area contributed by atoms with Crippen molar-refractivity contribution in [3.05, 3.63) is 296 Å². The van der Waals surface area contributed by atoms with E-state index in [-0.39, 0.29) is 10.8 Å². The van der Waals surface area contributed by atoms with Crippen LogP contribution >= 0.6 is 0 Å². The highest BCUT2D eigenvalue weighted by Gasteiger charge is 2.49. The molecule has 0 fully saturated rings. The molecule has 2 spiro atoms. The van der Waals surface area contributed by atoms with Gasteiger partial charge in [0.25, 0.3) is 0 Å². The van der Waals surface area contributed by atoms with Crippen LogP contribution in [0.25, 0.3) is 58.7 Å². The quantitative estimate of drug-likeness (QED) is 0.162. The lowest BCUT2D eigenvalue weighted by Crippen LogP contribution is -2.26. The van der Waals surface area contributed by atoms with Crippen molar-refractivity contribution in [2.24, 2.45) is 0 Å². The molecule has 0 amide bonds. The lowest BCUT2D eigenvalue weighted by atomic mass is 9.75. The second kappa shape index (κ2) is 15.8. The first-order valence-corrected chi connectivity index (χ1v) is 26.3. The van der Waals surface area contributed by atoms with Gasteiger partial charge >= 0.3 is 0 Å². The number of para-hydroxylation sites is 4. The van der Waals surface area contributed by atoms with Crippen LogP contribution in [0.3, 0.4) is 0 Å². The predicted octanol–water partition coefficient (Wildman–Crippen LogP) is 17.9. The van der Waals surface area contributed by atoms with E-state index in [2.05, 4.69) is 265 Å². The maximum Gasteiger partial charge on any atom is 0.0534 e. The van der Waals surface area contributed by atoms with E-state index in [1.165, 1.54) is 134 Å². The van der Waals surface area contributed by atoms with E-state index in [0.717, 1.165) is 25.7 Å². The minimum atomic E-state index is -0.173.